The molecule has 0 amide bonds. The fourth-order valence-corrected chi connectivity index (χ4v) is 2.65. The van der Waals surface area contributed by atoms with Crippen LogP contribution in [0.5, 0.6) is 0 Å². The summed E-state index contributed by atoms with van der Waals surface area (Å²) in [5.74, 6) is 0.470. The summed E-state index contributed by atoms with van der Waals surface area (Å²) in [5, 5.41) is 0. The average molecular weight is 301 g/mol. The highest BCUT2D eigenvalue weighted by atomic mass is 16.1. The Morgan fingerprint density at radius 1 is 0.826 bits per heavy atom. The molecule has 23 heavy (non-hydrogen) atoms. The van der Waals surface area contributed by atoms with E-state index in [1.54, 1.807) is 18.2 Å². The van der Waals surface area contributed by atoms with Gasteiger partial charge < -0.3 is 0 Å². The van der Waals surface area contributed by atoms with E-state index in [0.29, 0.717) is 17.0 Å². The Morgan fingerprint density at radius 2 is 1.48 bits per heavy atom. The summed E-state index contributed by atoms with van der Waals surface area (Å²) in [6.45, 7) is 1.88. The maximum atomic E-state index is 12.5. The largest absolute Gasteiger partial charge is 0.298 e. The van der Waals surface area contributed by atoms with Gasteiger partial charge in [0.2, 0.25) is 0 Å². The minimum Gasteiger partial charge on any atom is -0.298 e. The summed E-state index contributed by atoms with van der Waals surface area (Å²) >= 11 is 0. The van der Waals surface area contributed by atoms with Gasteiger partial charge in [0.05, 0.1) is 0 Å². The van der Waals surface area contributed by atoms with E-state index in [0.717, 1.165) is 5.56 Å². The molecule has 1 atom stereocenters. The van der Waals surface area contributed by atoms with Crippen LogP contribution in [0.25, 0.3) is 0 Å². The average Bonchev–Trinajstić information content (AvgIpc) is 3.15. The van der Waals surface area contributed by atoms with Crippen molar-refractivity contribution in [3.8, 4) is 0 Å². The third kappa shape index (κ3) is 3.42. The Morgan fingerprint density at radius 3 is 2.17 bits per heavy atom. The molecule has 5 radical (unpaired) electrons. The lowest BCUT2D eigenvalue weighted by atomic mass is 9.86. The quantitative estimate of drug-likeness (QED) is 0.782. The molecule has 113 valence electrons. The first kappa shape index (κ1) is 15.7. The number of carbonyl (C=O) groups excluding carboxylic acids is 2. The van der Waals surface area contributed by atoms with Crippen LogP contribution in [-0.4, -0.2) is 11.6 Å². The lowest BCUT2D eigenvalue weighted by Crippen LogP contribution is -2.17. The second kappa shape index (κ2) is 6.91. The van der Waals surface area contributed by atoms with Gasteiger partial charge in [-0.2, -0.15) is 0 Å². The van der Waals surface area contributed by atoms with Gasteiger partial charge in [-0.3, -0.25) is 9.59 Å². The molecule has 0 heterocycles. The van der Waals surface area contributed by atoms with Gasteiger partial charge in [0.1, 0.15) is 5.78 Å². The molecule has 2 heteroatoms. The van der Waals surface area contributed by atoms with Gasteiger partial charge in [0.25, 0.3) is 0 Å². The maximum absolute atomic E-state index is 12.5. The SMILES string of the molecule is CC(C(=O)[C]1[CH][CH][CH][CH]1)c1cccc(C(=O)c2ccccc2)c1. The maximum Gasteiger partial charge on any atom is 0.193 e. The standard InChI is InChI=1S/C21H17O2/c1-15(20(22)16-10-5-6-11-16)18-12-7-13-19(14-18)21(23)17-8-3-2-4-9-17/h2-15H,1H3. The fraction of sp³-hybridized carbons (Fsp3) is 0.0952. The van der Waals surface area contributed by atoms with Crippen molar-refractivity contribution in [2.45, 2.75) is 12.8 Å². The molecule has 0 spiro atoms. The lowest BCUT2D eigenvalue weighted by molar-refractivity contribution is -0.117. The zero-order valence-corrected chi connectivity index (χ0v) is 12.9. The van der Waals surface area contributed by atoms with Gasteiger partial charge in [-0.25, -0.2) is 0 Å². The Hall–Kier alpha value is -2.22. The highest BCUT2D eigenvalue weighted by Gasteiger charge is 2.29. The van der Waals surface area contributed by atoms with Gasteiger partial charge in [-0.1, -0.05) is 55.5 Å². The molecule has 2 aromatic carbocycles. The zero-order chi connectivity index (χ0) is 16.2. The van der Waals surface area contributed by atoms with Crippen molar-refractivity contribution in [1.82, 2.24) is 0 Å². The Bertz CT molecular complexity index is 697. The molecule has 1 aliphatic rings. The lowest BCUT2D eigenvalue weighted by Gasteiger charge is -2.15. The van der Waals surface area contributed by atoms with Crippen LogP contribution < -0.4 is 0 Å². The molecule has 0 aliphatic heterocycles. The van der Waals surface area contributed by atoms with Gasteiger partial charge >= 0.3 is 0 Å². The summed E-state index contributed by atoms with van der Waals surface area (Å²) in [4.78, 5) is 25.0. The van der Waals surface area contributed by atoms with Gasteiger partial charge in [-0.05, 0) is 37.3 Å². The van der Waals surface area contributed by atoms with Crippen molar-refractivity contribution >= 4 is 11.6 Å². The number of hydrogen-bond acceptors (Lipinski definition) is 2. The molecule has 0 aromatic heterocycles. The second-order valence-corrected chi connectivity index (χ2v) is 5.58. The van der Waals surface area contributed by atoms with Gasteiger partial charge in [0, 0.05) is 23.0 Å². The topological polar surface area (TPSA) is 34.1 Å². The highest BCUT2D eigenvalue weighted by molar-refractivity contribution is 6.09. The molecule has 0 saturated heterocycles. The molecule has 1 saturated carbocycles. The molecule has 2 nitrogen and oxygen atoms in total. The first-order valence-electron chi connectivity index (χ1n) is 7.62. The van der Waals surface area contributed by atoms with Crippen molar-refractivity contribution in [3.05, 3.63) is 103 Å². The summed E-state index contributed by atoms with van der Waals surface area (Å²) in [6.07, 6.45) is 7.35. The number of Topliss-reactive ketones (excluding diaryl/α,β-unsaturated/α-hetero) is 1. The normalized spacial score (nSPS) is 16.2. The molecule has 2 aromatic rings. The van der Waals surface area contributed by atoms with Crippen LogP contribution in [0.1, 0.15) is 34.3 Å². The van der Waals surface area contributed by atoms with E-state index >= 15 is 0 Å². The monoisotopic (exact) mass is 301 g/mol. The first-order chi connectivity index (χ1) is 11.2. The number of rotatable bonds is 5. The first-order valence-corrected chi connectivity index (χ1v) is 7.62. The summed E-state index contributed by atoms with van der Waals surface area (Å²) in [7, 11) is 0. The highest BCUT2D eigenvalue weighted by Crippen LogP contribution is 2.30. The number of hydrogen-bond donors (Lipinski definition) is 0. The molecule has 1 fully saturated rings. The van der Waals surface area contributed by atoms with Crippen LogP contribution in [-0.2, 0) is 4.79 Å². The molecular weight excluding hydrogens is 284 g/mol. The third-order valence-corrected chi connectivity index (χ3v) is 4.03. The molecule has 0 bridgehead atoms. The van der Waals surface area contributed by atoms with Crippen LogP contribution >= 0.6 is 0 Å². The zero-order valence-electron chi connectivity index (χ0n) is 12.9. The predicted octanol–water partition coefficient (Wildman–Crippen LogP) is 4.00. The van der Waals surface area contributed by atoms with E-state index in [2.05, 4.69) is 0 Å². The Labute approximate surface area is 137 Å². The van der Waals surface area contributed by atoms with E-state index in [9.17, 15) is 9.59 Å². The minimum atomic E-state index is -0.277. The van der Waals surface area contributed by atoms with E-state index in [4.69, 9.17) is 0 Å². The van der Waals surface area contributed by atoms with Crippen molar-refractivity contribution in [2.24, 2.45) is 0 Å². The number of ketones is 2. The smallest absolute Gasteiger partial charge is 0.193 e. The molecular formula is C21H17O2. The molecule has 0 N–H and O–H groups in total. The van der Waals surface area contributed by atoms with Crippen molar-refractivity contribution in [2.75, 3.05) is 0 Å². The minimum absolute atomic E-state index is 0.0274. The summed E-state index contributed by atoms with van der Waals surface area (Å²) < 4.78 is 0. The van der Waals surface area contributed by atoms with Gasteiger partial charge in [0.15, 0.2) is 5.78 Å². The summed E-state index contributed by atoms with van der Waals surface area (Å²) in [6, 6.07) is 16.5. The van der Waals surface area contributed by atoms with Crippen molar-refractivity contribution < 1.29 is 9.59 Å². The van der Waals surface area contributed by atoms with Crippen LogP contribution in [0.15, 0.2) is 54.6 Å². The van der Waals surface area contributed by atoms with Crippen molar-refractivity contribution in [1.29, 1.82) is 0 Å². The van der Waals surface area contributed by atoms with Crippen LogP contribution in [0.4, 0.5) is 0 Å². The number of carbonyl (C=O) groups is 2. The molecule has 1 aliphatic carbocycles. The Kier molecular flexibility index (Phi) is 4.71. The Balaban J connectivity index is 1.82. The summed E-state index contributed by atoms with van der Waals surface area (Å²) in [5.41, 5.74) is 2.12. The molecule has 1 unspecified atom stereocenters. The van der Waals surface area contributed by atoms with E-state index in [1.807, 2.05) is 69.0 Å². The fourth-order valence-electron chi connectivity index (χ4n) is 2.65. The second-order valence-electron chi connectivity index (χ2n) is 5.58. The van der Waals surface area contributed by atoms with Crippen molar-refractivity contribution in [3.63, 3.8) is 0 Å². The number of benzene rings is 2. The van der Waals surface area contributed by atoms with E-state index < -0.39 is 0 Å². The van der Waals surface area contributed by atoms with Crippen LogP contribution in [0.2, 0.25) is 0 Å². The van der Waals surface area contributed by atoms with E-state index in [-0.39, 0.29) is 17.5 Å². The van der Waals surface area contributed by atoms with E-state index in [1.165, 1.54) is 0 Å². The van der Waals surface area contributed by atoms with Gasteiger partial charge in [-0.15, -0.1) is 0 Å². The predicted molar refractivity (Wildman–Crippen MR) is 90.2 cm³/mol. The molecule has 3 rings (SSSR count). The third-order valence-electron chi connectivity index (χ3n) is 4.03. The van der Waals surface area contributed by atoms with Crippen LogP contribution in [0.3, 0.4) is 0 Å². The van der Waals surface area contributed by atoms with Crippen LogP contribution in [0, 0.1) is 31.6 Å².